The lowest BCUT2D eigenvalue weighted by atomic mass is 10.2. The molecule has 0 aliphatic carbocycles. The molecule has 0 saturated heterocycles. The SMILES string of the molecule is CNC(Cc1nnn(C)n1)c1ncccn1. The Balaban J connectivity index is 2.12. The van der Waals surface area contributed by atoms with E-state index < -0.39 is 0 Å². The van der Waals surface area contributed by atoms with E-state index in [-0.39, 0.29) is 6.04 Å². The van der Waals surface area contributed by atoms with Gasteiger partial charge < -0.3 is 5.32 Å². The van der Waals surface area contributed by atoms with Crippen molar-refractivity contribution < 1.29 is 0 Å². The number of aryl methyl sites for hydroxylation is 1. The van der Waals surface area contributed by atoms with Crippen LogP contribution in [0.2, 0.25) is 0 Å². The number of nitrogens with one attached hydrogen (secondary N) is 1. The molecule has 2 rings (SSSR count). The number of likely N-dealkylation sites (N-methyl/N-ethyl adjacent to an activating group) is 1. The normalized spacial score (nSPS) is 12.6. The number of tetrazole rings is 1. The van der Waals surface area contributed by atoms with Crippen LogP contribution in [0.1, 0.15) is 17.7 Å². The lowest BCUT2D eigenvalue weighted by Crippen LogP contribution is -2.21. The molecule has 2 aromatic rings. The molecule has 0 spiro atoms. The third kappa shape index (κ3) is 2.37. The number of aromatic nitrogens is 6. The lowest BCUT2D eigenvalue weighted by molar-refractivity contribution is 0.540. The molecule has 1 N–H and O–H groups in total. The summed E-state index contributed by atoms with van der Waals surface area (Å²) in [5.74, 6) is 1.41. The van der Waals surface area contributed by atoms with Gasteiger partial charge in [0.15, 0.2) is 5.82 Å². The maximum absolute atomic E-state index is 4.20. The van der Waals surface area contributed by atoms with Gasteiger partial charge in [0.2, 0.25) is 0 Å². The zero-order valence-corrected chi connectivity index (χ0v) is 9.20. The highest BCUT2D eigenvalue weighted by Crippen LogP contribution is 2.10. The maximum Gasteiger partial charge on any atom is 0.176 e. The third-order valence-electron chi connectivity index (χ3n) is 2.18. The number of rotatable bonds is 4. The van der Waals surface area contributed by atoms with Gasteiger partial charge in [-0.25, -0.2) is 9.97 Å². The zero-order chi connectivity index (χ0) is 11.4. The Hall–Kier alpha value is -1.89. The van der Waals surface area contributed by atoms with Crippen molar-refractivity contribution in [3.63, 3.8) is 0 Å². The molecule has 2 aromatic heterocycles. The molecule has 7 heteroatoms. The predicted molar refractivity (Wildman–Crippen MR) is 56.3 cm³/mol. The number of hydrogen-bond donors (Lipinski definition) is 1. The average molecular weight is 219 g/mol. The van der Waals surface area contributed by atoms with E-state index in [4.69, 9.17) is 0 Å². The molecule has 1 unspecified atom stereocenters. The van der Waals surface area contributed by atoms with Crippen LogP contribution in [0, 0.1) is 0 Å². The van der Waals surface area contributed by atoms with Crippen molar-refractivity contribution in [2.45, 2.75) is 12.5 Å². The smallest absolute Gasteiger partial charge is 0.176 e. The van der Waals surface area contributed by atoms with Crippen molar-refractivity contribution in [1.82, 2.24) is 35.5 Å². The highest BCUT2D eigenvalue weighted by molar-refractivity contribution is 4.99. The fourth-order valence-corrected chi connectivity index (χ4v) is 1.40. The van der Waals surface area contributed by atoms with Gasteiger partial charge in [-0.15, -0.1) is 10.2 Å². The van der Waals surface area contributed by atoms with Crippen LogP contribution < -0.4 is 5.32 Å². The molecule has 1 atom stereocenters. The summed E-state index contributed by atoms with van der Waals surface area (Å²) in [5, 5.41) is 15.0. The van der Waals surface area contributed by atoms with Gasteiger partial charge in [-0.2, -0.15) is 4.80 Å². The minimum absolute atomic E-state index is 0.00500. The van der Waals surface area contributed by atoms with Crippen LogP contribution >= 0.6 is 0 Å². The van der Waals surface area contributed by atoms with E-state index in [1.807, 2.05) is 7.05 Å². The van der Waals surface area contributed by atoms with E-state index in [0.717, 1.165) is 5.82 Å². The molecule has 0 aromatic carbocycles. The van der Waals surface area contributed by atoms with Crippen molar-refractivity contribution >= 4 is 0 Å². The van der Waals surface area contributed by atoms with Crippen LogP contribution in [-0.4, -0.2) is 37.2 Å². The van der Waals surface area contributed by atoms with E-state index in [1.54, 1.807) is 25.5 Å². The number of hydrogen-bond acceptors (Lipinski definition) is 6. The van der Waals surface area contributed by atoms with Crippen LogP contribution in [0.15, 0.2) is 18.5 Å². The standard InChI is InChI=1S/C9H13N7/c1-10-7(9-11-4-3-5-12-9)6-8-13-15-16(2)14-8/h3-5,7,10H,6H2,1-2H3. The van der Waals surface area contributed by atoms with Gasteiger partial charge >= 0.3 is 0 Å². The molecule has 0 radical (unpaired) electrons. The molecular formula is C9H13N7. The van der Waals surface area contributed by atoms with Crippen molar-refractivity contribution in [2.75, 3.05) is 7.05 Å². The van der Waals surface area contributed by atoms with Crippen molar-refractivity contribution in [2.24, 2.45) is 7.05 Å². The first-order chi connectivity index (χ1) is 7.79. The quantitative estimate of drug-likeness (QED) is 0.746. The predicted octanol–water partition coefficient (Wildman–Crippen LogP) is -0.497. The van der Waals surface area contributed by atoms with E-state index in [0.29, 0.717) is 12.2 Å². The summed E-state index contributed by atoms with van der Waals surface area (Å²) in [7, 11) is 3.60. The second-order valence-corrected chi connectivity index (χ2v) is 3.35. The summed E-state index contributed by atoms with van der Waals surface area (Å²) in [5.41, 5.74) is 0. The van der Waals surface area contributed by atoms with Gasteiger partial charge in [-0.05, 0) is 18.3 Å². The van der Waals surface area contributed by atoms with Gasteiger partial charge in [0, 0.05) is 18.8 Å². The van der Waals surface area contributed by atoms with Crippen LogP contribution in [0.4, 0.5) is 0 Å². The number of nitrogens with zero attached hydrogens (tertiary/aromatic N) is 6. The highest BCUT2D eigenvalue weighted by Gasteiger charge is 2.15. The molecule has 2 heterocycles. The van der Waals surface area contributed by atoms with Crippen molar-refractivity contribution in [3.8, 4) is 0 Å². The summed E-state index contributed by atoms with van der Waals surface area (Å²) in [4.78, 5) is 9.83. The Labute approximate surface area is 92.9 Å². The largest absolute Gasteiger partial charge is 0.310 e. The Kier molecular flexibility index (Phi) is 3.16. The first-order valence-electron chi connectivity index (χ1n) is 4.96. The van der Waals surface area contributed by atoms with E-state index in [9.17, 15) is 0 Å². The molecule has 0 saturated carbocycles. The summed E-state index contributed by atoms with van der Waals surface area (Å²) in [6.07, 6.45) is 4.06. The van der Waals surface area contributed by atoms with Crippen molar-refractivity contribution in [1.29, 1.82) is 0 Å². The highest BCUT2D eigenvalue weighted by atomic mass is 15.6. The zero-order valence-electron chi connectivity index (χ0n) is 9.20. The molecule has 7 nitrogen and oxygen atoms in total. The fraction of sp³-hybridized carbons (Fsp3) is 0.444. The van der Waals surface area contributed by atoms with Gasteiger partial charge in [-0.1, -0.05) is 0 Å². The summed E-state index contributed by atoms with van der Waals surface area (Å²) >= 11 is 0. The third-order valence-corrected chi connectivity index (χ3v) is 2.18. The van der Waals surface area contributed by atoms with E-state index in [2.05, 4.69) is 30.7 Å². The molecule has 0 bridgehead atoms. The Bertz CT molecular complexity index is 438. The van der Waals surface area contributed by atoms with Crippen LogP contribution in [0.25, 0.3) is 0 Å². The Morgan fingerprint density at radius 2 is 2.12 bits per heavy atom. The topological polar surface area (TPSA) is 81.4 Å². The minimum Gasteiger partial charge on any atom is -0.310 e. The van der Waals surface area contributed by atoms with Gasteiger partial charge in [0.05, 0.1) is 13.1 Å². The average Bonchev–Trinajstić information content (AvgIpc) is 2.73. The van der Waals surface area contributed by atoms with Gasteiger partial charge in [-0.3, -0.25) is 0 Å². The van der Waals surface area contributed by atoms with E-state index >= 15 is 0 Å². The second kappa shape index (κ2) is 4.75. The Morgan fingerprint density at radius 3 is 2.69 bits per heavy atom. The first-order valence-corrected chi connectivity index (χ1v) is 4.96. The van der Waals surface area contributed by atoms with Gasteiger partial charge in [0.1, 0.15) is 5.82 Å². The van der Waals surface area contributed by atoms with Crippen LogP contribution in [0.3, 0.4) is 0 Å². The summed E-state index contributed by atoms with van der Waals surface area (Å²) < 4.78 is 0. The van der Waals surface area contributed by atoms with Crippen LogP contribution in [0.5, 0.6) is 0 Å². The molecular weight excluding hydrogens is 206 g/mol. The molecule has 16 heavy (non-hydrogen) atoms. The Morgan fingerprint density at radius 1 is 1.38 bits per heavy atom. The van der Waals surface area contributed by atoms with Gasteiger partial charge in [0.25, 0.3) is 0 Å². The summed E-state index contributed by atoms with van der Waals surface area (Å²) in [6, 6.07) is 1.79. The maximum atomic E-state index is 4.20. The summed E-state index contributed by atoms with van der Waals surface area (Å²) in [6.45, 7) is 0. The molecule has 0 fully saturated rings. The lowest BCUT2D eigenvalue weighted by Gasteiger charge is -2.11. The monoisotopic (exact) mass is 219 g/mol. The molecule has 0 aliphatic rings. The molecule has 0 amide bonds. The molecule has 0 aliphatic heterocycles. The second-order valence-electron chi connectivity index (χ2n) is 3.35. The van der Waals surface area contributed by atoms with Crippen LogP contribution in [-0.2, 0) is 13.5 Å². The van der Waals surface area contributed by atoms with E-state index in [1.165, 1.54) is 4.80 Å². The minimum atomic E-state index is 0.00500. The fourth-order valence-electron chi connectivity index (χ4n) is 1.40. The van der Waals surface area contributed by atoms with Crippen molar-refractivity contribution in [3.05, 3.63) is 30.1 Å². The first kappa shape index (κ1) is 10.6. The molecule has 84 valence electrons.